The maximum absolute atomic E-state index is 13.6. The van der Waals surface area contributed by atoms with E-state index < -0.39 is 66.1 Å². The lowest BCUT2D eigenvalue weighted by Gasteiger charge is -2.17. The fourth-order valence-corrected chi connectivity index (χ4v) is 4.70. The van der Waals surface area contributed by atoms with E-state index in [9.17, 15) is 48.3 Å². The molecule has 7 nitrogen and oxygen atoms in total. The van der Waals surface area contributed by atoms with Gasteiger partial charge in [-0.25, -0.2) is 13.4 Å². The summed E-state index contributed by atoms with van der Waals surface area (Å²) in [5, 5.41) is 3.54. The van der Waals surface area contributed by atoms with Gasteiger partial charge in [-0.2, -0.15) is 35.1 Å². The average molecular weight is 574 g/mol. The molecule has 0 N–H and O–H groups in total. The van der Waals surface area contributed by atoms with Gasteiger partial charge >= 0.3 is 18.3 Å². The quantitative estimate of drug-likeness (QED) is 0.369. The van der Waals surface area contributed by atoms with Crippen molar-refractivity contribution in [2.45, 2.75) is 30.1 Å². The summed E-state index contributed by atoms with van der Waals surface area (Å²) in [5.74, 6) is -7.08. The molecule has 0 atom stereocenters. The molecule has 0 spiro atoms. The molecule has 2 heterocycles. The third-order valence-corrected chi connectivity index (χ3v) is 7.76. The van der Waals surface area contributed by atoms with E-state index in [4.69, 9.17) is 0 Å². The van der Waals surface area contributed by atoms with Gasteiger partial charge in [0.1, 0.15) is 5.69 Å². The summed E-state index contributed by atoms with van der Waals surface area (Å²) in [6.07, 6.45) is -9.57. The molecule has 0 fully saturated rings. The Labute approximate surface area is 207 Å². The first kappa shape index (κ1) is 28.4. The Bertz CT molecular complexity index is 1420. The number of benzene rings is 1. The van der Waals surface area contributed by atoms with Crippen LogP contribution in [0.5, 0.6) is 0 Å². The number of rotatable bonds is 6. The number of hydrogen-bond donors (Lipinski definition) is 0. The molecule has 0 aliphatic heterocycles. The Hall–Kier alpha value is -3.21. The Morgan fingerprint density at radius 3 is 2.08 bits per heavy atom. The van der Waals surface area contributed by atoms with Gasteiger partial charge in [0.2, 0.25) is 5.13 Å². The van der Waals surface area contributed by atoms with Crippen LogP contribution >= 0.6 is 11.3 Å². The number of carbonyl (C=O) groups is 1. The van der Waals surface area contributed by atoms with Crippen LogP contribution in [0.15, 0.2) is 41.4 Å². The summed E-state index contributed by atoms with van der Waals surface area (Å²) in [6.45, 7) is 1.24. The van der Waals surface area contributed by atoms with Crippen molar-refractivity contribution in [2.75, 3.05) is 17.7 Å². The standard InChI is InChI=1S/C20H14F8N4O3S2/c1-3-37(34,35)13-8-11(10-4-6-12(7-5-10)19(23,24)25)9-29-14(13)15(33)32(2)17-31-30-16(36-17)18(21,22)20(26,27)28/h4-9H,3H2,1-2H3. The van der Waals surface area contributed by atoms with E-state index in [2.05, 4.69) is 15.2 Å². The lowest BCUT2D eigenvalue weighted by molar-refractivity contribution is -0.289. The number of sulfone groups is 1. The van der Waals surface area contributed by atoms with Gasteiger partial charge in [-0.1, -0.05) is 30.4 Å². The molecular weight excluding hydrogens is 560 g/mol. The topological polar surface area (TPSA) is 93.1 Å². The number of halogens is 8. The highest BCUT2D eigenvalue weighted by molar-refractivity contribution is 7.91. The zero-order chi connectivity index (χ0) is 28.0. The molecule has 2 aromatic heterocycles. The van der Waals surface area contributed by atoms with Crippen LogP contribution in [0.3, 0.4) is 0 Å². The summed E-state index contributed by atoms with van der Waals surface area (Å²) in [6, 6.07) is 4.66. The Morgan fingerprint density at radius 1 is 0.973 bits per heavy atom. The van der Waals surface area contributed by atoms with Crippen molar-refractivity contribution in [3.8, 4) is 11.1 Å². The molecule has 3 aromatic rings. The van der Waals surface area contributed by atoms with Crippen molar-refractivity contribution in [3.63, 3.8) is 0 Å². The lowest BCUT2D eigenvalue weighted by atomic mass is 10.0. The number of alkyl halides is 8. The minimum atomic E-state index is -5.97. The van der Waals surface area contributed by atoms with Crippen molar-refractivity contribution in [1.29, 1.82) is 0 Å². The highest BCUT2D eigenvalue weighted by atomic mass is 32.2. The van der Waals surface area contributed by atoms with Gasteiger partial charge < -0.3 is 0 Å². The largest absolute Gasteiger partial charge is 0.460 e. The van der Waals surface area contributed by atoms with E-state index in [1.165, 1.54) is 6.92 Å². The maximum atomic E-state index is 13.6. The summed E-state index contributed by atoms with van der Waals surface area (Å²) in [7, 11) is -3.24. The molecule has 200 valence electrons. The third-order valence-electron chi connectivity index (χ3n) is 4.95. The number of nitrogens with zero attached hydrogens (tertiary/aromatic N) is 4. The van der Waals surface area contributed by atoms with E-state index in [0.29, 0.717) is 4.90 Å². The average Bonchev–Trinajstić information content (AvgIpc) is 3.33. The smallest absolute Gasteiger partial charge is 0.284 e. The molecule has 0 aliphatic carbocycles. The second kappa shape index (κ2) is 9.59. The van der Waals surface area contributed by atoms with Crippen LogP contribution in [0.1, 0.15) is 28.0 Å². The summed E-state index contributed by atoms with van der Waals surface area (Å²) in [5.41, 5.74) is -1.47. The molecule has 0 saturated carbocycles. The predicted molar refractivity (Wildman–Crippen MR) is 115 cm³/mol. The molecule has 0 aliphatic rings. The van der Waals surface area contributed by atoms with E-state index in [1.807, 2.05) is 0 Å². The predicted octanol–water partition coefficient (Wildman–Crippen LogP) is 5.34. The second-order valence-corrected chi connectivity index (χ2v) is 10.6. The molecule has 0 bridgehead atoms. The van der Waals surface area contributed by atoms with Crippen molar-refractivity contribution in [1.82, 2.24) is 15.2 Å². The highest BCUT2D eigenvalue weighted by Gasteiger charge is 2.61. The molecule has 0 unspecified atom stereocenters. The minimum Gasteiger partial charge on any atom is -0.284 e. The molecule has 0 saturated heterocycles. The van der Waals surface area contributed by atoms with E-state index in [1.54, 1.807) is 0 Å². The summed E-state index contributed by atoms with van der Waals surface area (Å²) >= 11 is -0.236. The van der Waals surface area contributed by atoms with E-state index >= 15 is 0 Å². The van der Waals surface area contributed by atoms with Crippen molar-refractivity contribution < 1.29 is 48.3 Å². The SMILES string of the molecule is CCS(=O)(=O)c1cc(-c2ccc(C(F)(F)F)cc2)cnc1C(=O)N(C)c1nnc(C(F)(F)C(F)(F)F)s1. The Morgan fingerprint density at radius 2 is 1.57 bits per heavy atom. The van der Waals surface area contributed by atoms with Crippen LogP contribution in [-0.4, -0.2) is 48.5 Å². The van der Waals surface area contributed by atoms with Gasteiger partial charge in [0.25, 0.3) is 5.91 Å². The number of pyridine rings is 1. The zero-order valence-electron chi connectivity index (χ0n) is 18.5. The van der Waals surface area contributed by atoms with Crippen LogP contribution in [0, 0.1) is 0 Å². The van der Waals surface area contributed by atoms with Gasteiger partial charge in [-0.3, -0.25) is 9.69 Å². The van der Waals surface area contributed by atoms with Crippen molar-refractivity contribution in [2.24, 2.45) is 0 Å². The Kier molecular flexibility index (Phi) is 7.35. The fraction of sp³-hybridized carbons (Fsp3) is 0.300. The van der Waals surface area contributed by atoms with Gasteiger partial charge in [-0.05, 0) is 23.8 Å². The number of amides is 1. The molecule has 1 amide bonds. The summed E-state index contributed by atoms with van der Waals surface area (Å²) in [4.78, 5) is 16.7. The van der Waals surface area contributed by atoms with Gasteiger partial charge in [0, 0.05) is 18.8 Å². The normalized spacial score (nSPS) is 13.0. The lowest BCUT2D eigenvalue weighted by Crippen LogP contribution is -2.33. The van der Waals surface area contributed by atoms with Crippen LogP contribution in [-0.2, 0) is 21.9 Å². The second-order valence-electron chi connectivity index (χ2n) is 7.38. The van der Waals surface area contributed by atoms with Gasteiger partial charge in [-0.15, -0.1) is 10.2 Å². The molecule has 37 heavy (non-hydrogen) atoms. The molecule has 3 rings (SSSR count). The minimum absolute atomic E-state index is 0.0444. The van der Waals surface area contributed by atoms with Crippen molar-refractivity contribution >= 4 is 32.2 Å². The van der Waals surface area contributed by atoms with Gasteiger partial charge in [0.15, 0.2) is 14.8 Å². The van der Waals surface area contributed by atoms with E-state index in [-0.39, 0.29) is 22.5 Å². The molecule has 1 aromatic carbocycles. The maximum Gasteiger partial charge on any atom is 0.460 e. The molecule has 0 radical (unpaired) electrons. The van der Waals surface area contributed by atoms with Gasteiger partial charge in [0.05, 0.1) is 16.2 Å². The highest BCUT2D eigenvalue weighted by Crippen LogP contribution is 2.45. The van der Waals surface area contributed by atoms with E-state index in [0.717, 1.165) is 43.6 Å². The first-order valence-corrected chi connectivity index (χ1v) is 12.3. The van der Waals surface area contributed by atoms with Crippen molar-refractivity contribution in [3.05, 3.63) is 52.8 Å². The molecule has 17 heteroatoms. The first-order chi connectivity index (χ1) is 16.9. The number of aromatic nitrogens is 3. The van der Waals surface area contributed by atoms with Crippen LogP contribution in [0.25, 0.3) is 11.1 Å². The fourth-order valence-electron chi connectivity index (χ4n) is 2.85. The zero-order valence-corrected chi connectivity index (χ0v) is 20.2. The van der Waals surface area contributed by atoms with Crippen LogP contribution in [0.4, 0.5) is 40.3 Å². The number of hydrogen-bond acceptors (Lipinski definition) is 7. The van der Waals surface area contributed by atoms with Crippen LogP contribution < -0.4 is 4.90 Å². The third kappa shape index (κ3) is 5.56. The molecular formula is C20H14F8N4O3S2. The number of anilines is 1. The number of carbonyl (C=O) groups excluding carboxylic acids is 1. The van der Waals surface area contributed by atoms with Crippen LogP contribution in [0.2, 0.25) is 0 Å². The summed E-state index contributed by atoms with van der Waals surface area (Å²) < 4.78 is 129. The first-order valence-electron chi connectivity index (χ1n) is 9.87. The Balaban J connectivity index is 2.03. The monoisotopic (exact) mass is 574 g/mol.